The number of hydrogen-bond acceptors (Lipinski definition) is 3. The summed E-state index contributed by atoms with van der Waals surface area (Å²) in [6.45, 7) is 3.06. The fourth-order valence-electron chi connectivity index (χ4n) is 2.30. The number of halogens is 1. The zero-order chi connectivity index (χ0) is 18.2. The van der Waals surface area contributed by atoms with Crippen molar-refractivity contribution < 1.29 is 9.47 Å². The second kappa shape index (κ2) is 9.07. The lowest BCUT2D eigenvalue weighted by Gasteiger charge is -2.08. The van der Waals surface area contributed by atoms with Gasteiger partial charge >= 0.3 is 0 Å². The zero-order valence-electron chi connectivity index (χ0n) is 14.4. The lowest BCUT2D eigenvalue weighted by molar-refractivity contribution is 0.303. The molecular formula is C22H18BrNO2. The van der Waals surface area contributed by atoms with Crippen molar-refractivity contribution >= 4 is 15.9 Å². The van der Waals surface area contributed by atoms with Gasteiger partial charge in [-0.2, -0.15) is 0 Å². The van der Waals surface area contributed by atoms with E-state index in [-0.39, 0.29) is 0 Å². The predicted molar refractivity (Wildman–Crippen MR) is 106 cm³/mol. The second-order valence-corrected chi connectivity index (χ2v) is 6.29. The van der Waals surface area contributed by atoms with Crippen LogP contribution in [0.3, 0.4) is 0 Å². The number of pyridine rings is 1. The van der Waals surface area contributed by atoms with Gasteiger partial charge in [0.15, 0.2) is 11.4 Å². The molecule has 0 unspecified atom stereocenters. The molecule has 0 saturated heterocycles. The molecule has 0 atom stereocenters. The Morgan fingerprint density at radius 2 is 1.73 bits per heavy atom. The van der Waals surface area contributed by atoms with Gasteiger partial charge in [-0.3, -0.25) is 0 Å². The summed E-state index contributed by atoms with van der Waals surface area (Å²) >= 11 is 3.53. The molecule has 0 radical (unpaired) electrons. The third-order valence-electron chi connectivity index (χ3n) is 3.60. The van der Waals surface area contributed by atoms with Crippen LogP contribution in [0, 0.1) is 11.8 Å². The Hall–Kier alpha value is -2.77. The van der Waals surface area contributed by atoms with E-state index in [0.29, 0.717) is 24.7 Å². The number of rotatable bonds is 5. The first kappa shape index (κ1) is 18.0. The van der Waals surface area contributed by atoms with Crippen molar-refractivity contribution in [2.24, 2.45) is 0 Å². The molecule has 1 aromatic heterocycles. The smallest absolute Gasteiger partial charge is 0.155 e. The lowest BCUT2D eigenvalue weighted by Crippen LogP contribution is -1.99. The summed E-state index contributed by atoms with van der Waals surface area (Å²) in [6.07, 6.45) is 1.72. The molecule has 1 heterocycles. The fourth-order valence-corrected chi connectivity index (χ4v) is 2.70. The molecule has 0 aliphatic heterocycles. The summed E-state index contributed by atoms with van der Waals surface area (Å²) < 4.78 is 12.4. The van der Waals surface area contributed by atoms with Crippen molar-refractivity contribution in [1.82, 2.24) is 4.98 Å². The Kier molecular flexibility index (Phi) is 6.29. The first-order chi connectivity index (χ1) is 12.8. The molecule has 26 heavy (non-hydrogen) atoms. The number of aromatic nitrogens is 1. The van der Waals surface area contributed by atoms with Crippen LogP contribution < -0.4 is 9.47 Å². The van der Waals surface area contributed by atoms with Crippen molar-refractivity contribution in [1.29, 1.82) is 0 Å². The molecule has 3 nitrogen and oxygen atoms in total. The van der Waals surface area contributed by atoms with Gasteiger partial charge in [-0.25, -0.2) is 4.98 Å². The molecule has 0 aliphatic rings. The largest absolute Gasteiger partial charge is 0.494 e. The van der Waals surface area contributed by atoms with E-state index in [1.807, 2.05) is 67.6 Å². The van der Waals surface area contributed by atoms with Crippen LogP contribution in [-0.4, -0.2) is 11.6 Å². The van der Waals surface area contributed by atoms with Gasteiger partial charge in [-0.1, -0.05) is 40.0 Å². The highest BCUT2D eigenvalue weighted by Crippen LogP contribution is 2.20. The van der Waals surface area contributed by atoms with Crippen LogP contribution in [0.5, 0.6) is 11.5 Å². The summed E-state index contributed by atoms with van der Waals surface area (Å²) in [5, 5.41) is 0. The van der Waals surface area contributed by atoms with E-state index in [4.69, 9.17) is 9.47 Å². The van der Waals surface area contributed by atoms with Crippen molar-refractivity contribution in [3.63, 3.8) is 0 Å². The lowest BCUT2D eigenvalue weighted by atomic mass is 10.2. The molecule has 0 spiro atoms. The normalized spacial score (nSPS) is 9.92. The van der Waals surface area contributed by atoms with Crippen molar-refractivity contribution in [2.45, 2.75) is 13.5 Å². The molecule has 3 aromatic rings. The molecule has 0 saturated carbocycles. The number of ether oxygens (including phenoxy) is 2. The Balaban J connectivity index is 1.74. The maximum atomic E-state index is 5.93. The van der Waals surface area contributed by atoms with Crippen molar-refractivity contribution in [2.75, 3.05) is 6.61 Å². The van der Waals surface area contributed by atoms with Crippen LogP contribution in [0.2, 0.25) is 0 Å². The molecule has 3 rings (SSSR count). The number of nitrogens with zero attached hydrogens (tertiary/aromatic N) is 1. The Morgan fingerprint density at radius 3 is 2.50 bits per heavy atom. The maximum Gasteiger partial charge on any atom is 0.155 e. The minimum atomic E-state index is 0.449. The highest BCUT2D eigenvalue weighted by Gasteiger charge is 2.04. The summed E-state index contributed by atoms with van der Waals surface area (Å²) in [7, 11) is 0. The molecule has 0 bridgehead atoms. The average Bonchev–Trinajstić information content (AvgIpc) is 2.68. The monoisotopic (exact) mass is 407 g/mol. The summed E-state index contributed by atoms with van der Waals surface area (Å²) in [4.78, 5) is 4.34. The van der Waals surface area contributed by atoms with Gasteiger partial charge in [-0.05, 0) is 55.3 Å². The average molecular weight is 408 g/mol. The number of benzene rings is 2. The molecule has 130 valence electrons. The molecule has 0 amide bonds. The summed E-state index contributed by atoms with van der Waals surface area (Å²) in [5.74, 6) is 7.73. The van der Waals surface area contributed by atoms with Crippen molar-refractivity contribution in [3.05, 3.63) is 88.2 Å². The summed E-state index contributed by atoms with van der Waals surface area (Å²) in [6, 6.07) is 19.4. The van der Waals surface area contributed by atoms with Gasteiger partial charge in [-0.15, -0.1) is 0 Å². The number of hydrogen-bond donors (Lipinski definition) is 0. The minimum absolute atomic E-state index is 0.449. The minimum Gasteiger partial charge on any atom is -0.494 e. The Morgan fingerprint density at radius 1 is 0.923 bits per heavy atom. The van der Waals surface area contributed by atoms with Gasteiger partial charge in [0.25, 0.3) is 0 Å². The van der Waals surface area contributed by atoms with Gasteiger partial charge in [0.05, 0.1) is 6.61 Å². The van der Waals surface area contributed by atoms with E-state index in [9.17, 15) is 0 Å². The Bertz CT molecular complexity index is 927. The van der Waals surface area contributed by atoms with Crippen LogP contribution in [0.15, 0.2) is 71.3 Å². The molecule has 0 aliphatic carbocycles. The quantitative estimate of drug-likeness (QED) is 0.543. The molecule has 4 heteroatoms. The zero-order valence-corrected chi connectivity index (χ0v) is 16.0. The van der Waals surface area contributed by atoms with Crippen LogP contribution in [0.25, 0.3) is 0 Å². The molecule has 0 N–H and O–H groups in total. The van der Waals surface area contributed by atoms with Gasteiger partial charge in [0, 0.05) is 21.8 Å². The topological polar surface area (TPSA) is 31.4 Å². The summed E-state index contributed by atoms with van der Waals surface area (Å²) in [5.41, 5.74) is 2.59. The third-order valence-corrected chi connectivity index (χ3v) is 4.38. The maximum absolute atomic E-state index is 5.93. The third kappa shape index (κ3) is 4.87. The first-order valence-corrected chi connectivity index (χ1v) is 9.11. The van der Waals surface area contributed by atoms with Gasteiger partial charge < -0.3 is 9.47 Å². The standard InChI is InChI=1S/C22H18BrNO2/c1-2-25-19-12-9-17(10-13-19)11-14-21-22(8-5-15-24-21)26-16-18-6-3-4-7-20(18)23/h3-10,12-13,15H,2,16H2,1H3. The van der Waals surface area contributed by atoms with E-state index in [1.54, 1.807) is 6.20 Å². The highest BCUT2D eigenvalue weighted by atomic mass is 79.9. The second-order valence-electron chi connectivity index (χ2n) is 5.44. The van der Waals surface area contributed by atoms with E-state index in [2.05, 4.69) is 32.8 Å². The molecule has 2 aromatic carbocycles. The fraction of sp³-hybridized carbons (Fsp3) is 0.136. The van der Waals surface area contributed by atoms with Crippen LogP contribution in [0.1, 0.15) is 23.7 Å². The van der Waals surface area contributed by atoms with Crippen LogP contribution in [-0.2, 0) is 6.61 Å². The highest BCUT2D eigenvalue weighted by molar-refractivity contribution is 9.10. The van der Waals surface area contributed by atoms with Crippen LogP contribution >= 0.6 is 15.9 Å². The first-order valence-electron chi connectivity index (χ1n) is 8.32. The van der Waals surface area contributed by atoms with E-state index in [1.165, 1.54) is 0 Å². The Labute approximate surface area is 162 Å². The predicted octanol–water partition coefficient (Wildman–Crippen LogP) is 5.22. The SMILES string of the molecule is CCOc1ccc(C#Cc2ncccc2OCc2ccccc2Br)cc1. The van der Waals surface area contributed by atoms with Crippen molar-refractivity contribution in [3.8, 4) is 23.3 Å². The van der Waals surface area contributed by atoms with Gasteiger partial charge in [0.1, 0.15) is 12.4 Å². The van der Waals surface area contributed by atoms with E-state index < -0.39 is 0 Å². The molecular weight excluding hydrogens is 390 g/mol. The van der Waals surface area contributed by atoms with E-state index in [0.717, 1.165) is 21.3 Å². The van der Waals surface area contributed by atoms with E-state index >= 15 is 0 Å². The van der Waals surface area contributed by atoms with Gasteiger partial charge in [0.2, 0.25) is 0 Å². The molecule has 0 fully saturated rings. The van der Waals surface area contributed by atoms with Crippen LogP contribution in [0.4, 0.5) is 0 Å².